The van der Waals surface area contributed by atoms with Gasteiger partial charge in [-0.25, -0.2) is 0 Å². The van der Waals surface area contributed by atoms with Gasteiger partial charge in [0.1, 0.15) is 0 Å². The molecule has 0 bridgehead atoms. The number of nitrogens with zero attached hydrogens (tertiary/aromatic N) is 3. The molecule has 3 unspecified atom stereocenters. The van der Waals surface area contributed by atoms with E-state index in [9.17, 15) is 4.79 Å². The summed E-state index contributed by atoms with van der Waals surface area (Å²) in [6.45, 7) is 18.4. The quantitative estimate of drug-likeness (QED) is 0.749. The monoisotopic (exact) mass is 364 g/mol. The minimum Gasteiger partial charge on any atom is -0.353 e. The molecule has 3 rings (SSSR count). The van der Waals surface area contributed by atoms with E-state index in [1.54, 1.807) is 0 Å². The first-order valence-corrected chi connectivity index (χ1v) is 10.9. The van der Waals surface area contributed by atoms with Crippen LogP contribution in [0.3, 0.4) is 0 Å². The summed E-state index contributed by atoms with van der Waals surface area (Å²) in [4.78, 5) is 19.9. The van der Waals surface area contributed by atoms with Crippen molar-refractivity contribution < 1.29 is 4.79 Å². The van der Waals surface area contributed by atoms with Crippen molar-refractivity contribution in [2.75, 3.05) is 52.4 Å². The third kappa shape index (κ3) is 4.99. The average molecular weight is 365 g/mol. The predicted octanol–water partition coefficient (Wildman–Crippen LogP) is 1.89. The zero-order valence-electron chi connectivity index (χ0n) is 17.4. The number of fused-ring (bicyclic) bond motifs is 1. The molecule has 1 aliphatic carbocycles. The van der Waals surface area contributed by atoms with Gasteiger partial charge in [0, 0.05) is 57.3 Å². The van der Waals surface area contributed by atoms with E-state index in [2.05, 4.69) is 33.9 Å². The van der Waals surface area contributed by atoms with Gasteiger partial charge in [0.15, 0.2) is 0 Å². The van der Waals surface area contributed by atoms with Crippen molar-refractivity contribution in [1.29, 1.82) is 0 Å². The average Bonchev–Trinajstić information content (AvgIpc) is 3.16. The molecule has 5 nitrogen and oxygen atoms in total. The Kier molecular flexibility index (Phi) is 6.98. The van der Waals surface area contributed by atoms with Gasteiger partial charge < -0.3 is 15.1 Å². The molecule has 0 aromatic rings. The summed E-state index contributed by atoms with van der Waals surface area (Å²) in [6.07, 6.45) is 3.76. The van der Waals surface area contributed by atoms with Crippen molar-refractivity contribution in [3.8, 4) is 0 Å². The maximum Gasteiger partial charge on any atom is 0.222 e. The normalized spacial score (nSPS) is 31.1. The molecule has 0 aromatic heterocycles. The summed E-state index contributed by atoms with van der Waals surface area (Å²) in [5.41, 5.74) is 0. The molecule has 2 heterocycles. The van der Waals surface area contributed by atoms with Gasteiger partial charge in [0.05, 0.1) is 0 Å². The van der Waals surface area contributed by atoms with E-state index in [0.29, 0.717) is 18.0 Å². The maximum absolute atomic E-state index is 12.0. The second-order valence-corrected chi connectivity index (χ2v) is 9.36. The van der Waals surface area contributed by atoms with Gasteiger partial charge >= 0.3 is 0 Å². The Morgan fingerprint density at radius 3 is 2.31 bits per heavy atom. The first kappa shape index (κ1) is 20.1. The van der Waals surface area contributed by atoms with Crippen LogP contribution in [0, 0.1) is 17.8 Å². The Bertz CT molecular complexity index is 459. The van der Waals surface area contributed by atoms with Gasteiger partial charge in [0.25, 0.3) is 0 Å². The van der Waals surface area contributed by atoms with Gasteiger partial charge in [-0.3, -0.25) is 9.69 Å². The first-order valence-electron chi connectivity index (χ1n) is 10.9. The molecule has 1 amide bonds. The predicted molar refractivity (Wildman–Crippen MR) is 107 cm³/mol. The largest absolute Gasteiger partial charge is 0.353 e. The van der Waals surface area contributed by atoms with Crippen molar-refractivity contribution in [3.05, 3.63) is 0 Å². The van der Waals surface area contributed by atoms with Crippen LogP contribution >= 0.6 is 0 Å². The SMILES string of the molecule is CC(C)C(=O)NC1CCC2CN(CCCN3CCN(C(C)C)CC3)CC21. The molecular formula is C21H40N4O. The lowest BCUT2D eigenvalue weighted by atomic mass is 9.97. The van der Waals surface area contributed by atoms with E-state index in [1.807, 2.05) is 13.8 Å². The fourth-order valence-electron chi connectivity index (χ4n) is 5.09. The minimum atomic E-state index is 0.0997. The molecule has 1 N–H and O–H groups in total. The van der Waals surface area contributed by atoms with Crippen LogP contribution in [0.4, 0.5) is 0 Å². The summed E-state index contributed by atoms with van der Waals surface area (Å²) < 4.78 is 0. The molecule has 150 valence electrons. The molecule has 3 aliphatic rings. The number of piperazine rings is 1. The van der Waals surface area contributed by atoms with Gasteiger partial charge in [-0.2, -0.15) is 0 Å². The molecular weight excluding hydrogens is 324 g/mol. The second-order valence-electron chi connectivity index (χ2n) is 9.36. The van der Waals surface area contributed by atoms with Crippen LogP contribution in [0.1, 0.15) is 47.0 Å². The van der Waals surface area contributed by atoms with Crippen LogP contribution in [-0.4, -0.2) is 85.0 Å². The number of rotatable bonds is 7. The topological polar surface area (TPSA) is 38.8 Å². The van der Waals surface area contributed by atoms with E-state index in [-0.39, 0.29) is 11.8 Å². The number of hydrogen-bond acceptors (Lipinski definition) is 4. The Hall–Kier alpha value is -0.650. The fourth-order valence-corrected chi connectivity index (χ4v) is 5.09. The molecule has 5 heteroatoms. The van der Waals surface area contributed by atoms with Crippen LogP contribution in [0.15, 0.2) is 0 Å². The number of nitrogens with one attached hydrogen (secondary N) is 1. The van der Waals surface area contributed by atoms with Crippen LogP contribution < -0.4 is 5.32 Å². The molecule has 3 fully saturated rings. The first-order chi connectivity index (χ1) is 12.4. The lowest BCUT2D eigenvalue weighted by molar-refractivity contribution is -0.124. The van der Waals surface area contributed by atoms with Gasteiger partial charge in [-0.05, 0) is 58.0 Å². The Morgan fingerprint density at radius 2 is 1.65 bits per heavy atom. The molecule has 0 spiro atoms. The Labute approximate surface area is 160 Å². The number of likely N-dealkylation sites (tertiary alicyclic amines) is 1. The van der Waals surface area contributed by atoms with Crippen LogP contribution in [-0.2, 0) is 4.79 Å². The smallest absolute Gasteiger partial charge is 0.222 e. The third-order valence-corrected chi connectivity index (χ3v) is 6.87. The highest BCUT2D eigenvalue weighted by molar-refractivity contribution is 5.78. The summed E-state index contributed by atoms with van der Waals surface area (Å²) in [5, 5.41) is 3.31. The van der Waals surface area contributed by atoms with Crippen molar-refractivity contribution in [3.63, 3.8) is 0 Å². The van der Waals surface area contributed by atoms with Gasteiger partial charge in [0.2, 0.25) is 5.91 Å². The van der Waals surface area contributed by atoms with Gasteiger partial charge in [-0.15, -0.1) is 0 Å². The molecule has 0 radical (unpaired) electrons. The minimum absolute atomic E-state index is 0.0997. The molecule has 0 aromatic carbocycles. The number of amides is 1. The molecule has 2 saturated heterocycles. The standard InChI is InChI=1S/C21H40N4O/c1-16(2)21(26)22-20-7-6-18-14-24(15-19(18)20)9-5-8-23-10-12-25(13-11-23)17(3)4/h16-20H,5-15H2,1-4H3,(H,22,26). The van der Waals surface area contributed by atoms with Crippen molar-refractivity contribution in [2.45, 2.75) is 59.0 Å². The highest BCUT2D eigenvalue weighted by Gasteiger charge is 2.42. The number of carbonyl (C=O) groups excluding carboxylic acids is 1. The Morgan fingerprint density at radius 1 is 0.962 bits per heavy atom. The van der Waals surface area contributed by atoms with Gasteiger partial charge in [-0.1, -0.05) is 13.8 Å². The maximum atomic E-state index is 12.0. The molecule has 1 saturated carbocycles. The van der Waals surface area contributed by atoms with Crippen LogP contribution in [0.2, 0.25) is 0 Å². The Balaban J connectivity index is 1.34. The van der Waals surface area contributed by atoms with Crippen molar-refractivity contribution in [1.82, 2.24) is 20.0 Å². The summed E-state index contributed by atoms with van der Waals surface area (Å²) in [6, 6.07) is 1.11. The van der Waals surface area contributed by atoms with E-state index in [0.717, 1.165) is 5.92 Å². The fraction of sp³-hybridized carbons (Fsp3) is 0.952. The number of carbonyl (C=O) groups is 1. The number of hydrogen-bond donors (Lipinski definition) is 1. The zero-order chi connectivity index (χ0) is 18.7. The molecule has 3 atom stereocenters. The van der Waals surface area contributed by atoms with Crippen molar-refractivity contribution in [2.24, 2.45) is 17.8 Å². The van der Waals surface area contributed by atoms with E-state index in [4.69, 9.17) is 0 Å². The van der Waals surface area contributed by atoms with E-state index < -0.39 is 0 Å². The van der Waals surface area contributed by atoms with E-state index in [1.165, 1.54) is 71.6 Å². The third-order valence-electron chi connectivity index (χ3n) is 6.87. The van der Waals surface area contributed by atoms with Crippen LogP contribution in [0.25, 0.3) is 0 Å². The highest BCUT2D eigenvalue weighted by atomic mass is 16.1. The summed E-state index contributed by atoms with van der Waals surface area (Å²) >= 11 is 0. The summed E-state index contributed by atoms with van der Waals surface area (Å²) in [7, 11) is 0. The highest BCUT2D eigenvalue weighted by Crippen LogP contribution is 2.38. The van der Waals surface area contributed by atoms with E-state index >= 15 is 0 Å². The van der Waals surface area contributed by atoms with Crippen molar-refractivity contribution >= 4 is 5.91 Å². The molecule has 26 heavy (non-hydrogen) atoms. The zero-order valence-corrected chi connectivity index (χ0v) is 17.4. The second kappa shape index (κ2) is 9.03. The lowest BCUT2D eigenvalue weighted by Gasteiger charge is -2.37. The molecule has 2 aliphatic heterocycles. The van der Waals surface area contributed by atoms with Crippen LogP contribution in [0.5, 0.6) is 0 Å². The lowest BCUT2D eigenvalue weighted by Crippen LogP contribution is -2.49. The summed E-state index contributed by atoms with van der Waals surface area (Å²) in [5.74, 6) is 1.83.